The zero-order valence-corrected chi connectivity index (χ0v) is 15.4. The molecule has 0 saturated carbocycles. The molecular formula is C18H22N6S. The largest absolute Gasteiger partial charge is 0.333 e. The van der Waals surface area contributed by atoms with Crippen molar-refractivity contribution in [2.24, 2.45) is 7.05 Å². The fraction of sp³-hybridized carbons (Fsp3) is 0.444. The van der Waals surface area contributed by atoms with Crippen LogP contribution in [0.3, 0.4) is 0 Å². The van der Waals surface area contributed by atoms with E-state index in [-0.39, 0.29) is 0 Å². The summed E-state index contributed by atoms with van der Waals surface area (Å²) in [5, 5.41) is 2.13. The first-order chi connectivity index (χ1) is 12.2. The molecular weight excluding hydrogens is 332 g/mol. The minimum Gasteiger partial charge on any atom is -0.333 e. The fourth-order valence-corrected chi connectivity index (χ4v) is 4.01. The quantitative estimate of drug-likeness (QED) is 0.721. The molecule has 3 aromatic heterocycles. The second-order valence-electron chi connectivity index (χ2n) is 6.67. The number of aromatic nitrogens is 5. The van der Waals surface area contributed by atoms with Crippen LogP contribution in [0.5, 0.6) is 0 Å². The molecule has 0 aliphatic carbocycles. The molecule has 1 aliphatic heterocycles. The average molecular weight is 354 g/mol. The van der Waals surface area contributed by atoms with Gasteiger partial charge < -0.3 is 4.57 Å². The third kappa shape index (κ3) is 3.62. The minimum absolute atomic E-state index is 0.367. The Hall–Kier alpha value is -2.12. The highest BCUT2D eigenvalue weighted by atomic mass is 32.1. The van der Waals surface area contributed by atoms with Crippen LogP contribution in [0.15, 0.2) is 29.4 Å². The number of rotatable bonds is 4. The fourth-order valence-electron chi connectivity index (χ4n) is 3.46. The Morgan fingerprint density at radius 1 is 1.28 bits per heavy atom. The zero-order valence-electron chi connectivity index (χ0n) is 14.6. The summed E-state index contributed by atoms with van der Waals surface area (Å²) in [6.07, 6.45) is 6.06. The van der Waals surface area contributed by atoms with Crippen molar-refractivity contribution in [1.29, 1.82) is 0 Å². The van der Waals surface area contributed by atoms with Crippen LogP contribution in [-0.2, 0) is 13.6 Å². The molecule has 4 heterocycles. The number of piperidine rings is 1. The van der Waals surface area contributed by atoms with Gasteiger partial charge in [-0.15, -0.1) is 11.3 Å². The monoisotopic (exact) mass is 354 g/mol. The number of thiazole rings is 1. The third-order valence-corrected chi connectivity index (χ3v) is 5.30. The van der Waals surface area contributed by atoms with Crippen LogP contribution in [0.1, 0.15) is 36.0 Å². The van der Waals surface area contributed by atoms with Crippen molar-refractivity contribution in [2.45, 2.75) is 32.2 Å². The summed E-state index contributed by atoms with van der Waals surface area (Å²) in [5.41, 5.74) is 4.97. The number of hydrogen-bond acceptors (Lipinski definition) is 6. The van der Waals surface area contributed by atoms with Crippen molar-refractivity contribution in [1.82, 2.24) is 29.4 Å². The number of imidazole rings is 1. The van der Waals surface area contributed by atoms with Crippen LogP contribution in [0.2, 0.25) is 0 Å². The SMILES string of the molecule is Cc1cc(-c2nccn2C)nc([C@@H]2CCCN(Cc3cscn3)C2)n1. The van der Waals surface area contributed by atoms with E-state index in [1.54, 1.807) is 11.3 Å². The summed E-state index contributed by atoms with van der Waals surface area (Å²) in [5.74, 6) is 2.20. The van der Waals surface area contributed by atoms with E-state index in [4.69, 9.17) is 9.97 Å². The van der Waals surface area contributed by atoms with Crippen molar-refractivity contribution in [3.63, 3.8) is 0 Å². The number of likely N-dealkylation sites (tertiary alicyclic amines) is 1. The second kappa shape index (κ2) is 7.01. The highest BCUT2D eigenvalue weighted by molar-refractivity contribution is 7.07. The van der Waals surface area contributed by atoms with Crippen molar-refractivity contribution in [3.8, 4) is 11.5 Å². The van der Waals surface area contributed by atoms with Crippen LogP contribution < -0.4 is 0 Å². The Morgan fingerprint density at radius 2 is 2.20 bits per heavy atom. The molecule has 0 unspecified atom stereocenters. The van der Waals surface area contributed by atoms with Crippen molar-refractivity contribution in [3.05, 3.63) is 46.6 Å². The molecule has 130 valence electrons. The van der Waals surface area contributed by atoms with E-state index in [0.29, 0.717) is 5.92 Å². The van der Waals surface area contributed by atoms with Gasteiger partial charge in [-0.25, -0.2) is 19.9 Å². The molecule has 0 amide bonds. The molecule has 0 bridgehead atoms. The molecule has 0 aromatic carbocycles. The predicted octanol–water partition coefficient (Wildman–Crippen LogP) is 3.02. The lowest BCUT2D eigenvalue weighted by Crippen LogP contribution is -2.34. The van der Waals surface area contributed by atoms with Crippen molar-refractivity contribution >= 4 is 11.3 Å². The van der Waals surface area contributed by atoms with E-state index < -0.39 is 0 Å². The molecule has 1 aliphatic rings. The van der Waals surface area contributed by atoms with Crippen LogP contribution in [0.25, 0.3) is 11.5 Å². The smallest absolute Gasteiger partial charge is 0.158 e. The second-order valence-corrected chi connectivity index (χ2v) is 7.39. The summed E-state index contributed by atoms with van der Waals surface area (Å²) in [4.78, 5) is 20.9. The summed E-state index contributed by atoms with van der Waals surface area (Å²) in [7, 11) is 2.00. The molecule has 1 atom stereocenters. The molecule has 1 fully saturated rings. The maximum absolute atomic E-state index is 4.86. The predicted molar refractivity (Wildman–Crippen MR) is 98.3 cm³/mol. The minimum atomic E-state index is 0.367. The summed E-state index contributed by atoms with van der Waals surface area (Å²) in [6.45, 7) is 5.05. The molecule has 25 heavy (non-hydrogen) atoms. The first-order valence-electron chi connectivity index (χ1n) is 8.62. The van der Waals surface area contributed by atoms with E-state index in [1.165, 1.54) is 6.42 Å². The van der Waals surface area contributed by atoms with Gasteiger partial charge >= 0.3 is 0 Å². The maximum atomic E-state index is 4.86. The van der Waals surface area contributed by atoms with Gasteiger partial charge in [0, 0.05) is 49.5 Å². The molecule has 7 heteroatoms. The van der Waals surface area contributed by atoms with Gasteiger partial charge in [0.05, 0.1) is 11.2 Å². The Balaban J connectivity index is 1.56. The highest BCUT2D eigenvalue weighted by Gasteiger charge is 2.25. The number of aryl methyl sites for hydroxylation is 2. The first kappa shape index (κ1) is 16.4. The lowest BCUT2D eigenvalue weighted by atomic mass is 9.96. The van der Waals surface area contributed by atoms with Crippen molar-refractivity contribution < 1.29 is 0 Å². The average Bonchev–Trinajstić information content (AvgIpc) is 3.26. The number of hydrogen-bond donors (Lipinski definition) is 0. The van der Waals surface area contributed by atoms with Gasteiger partial charge in [0.2, 0.25) is 0 Å². The van der Waals surface area contributed by atoms with Gasteiger partial charge in [-0.3, -0.25) is 4.90 Å². The van der Waals surface area contributed by atoms with E-state index in [1.807, 2.05) is 42.5 Å². The topological polar surface area (TPSA) is 59.7 Å². The van der Waals surface area contributed by atoms with Gasteiger partial charge in [0.25, 0.3) is 0 Å². The van der Waals surface area contributed by atoms with Gasteiger partial charge in [0.1, 0.15) is 11.5 Å². The molecule has 4 rings (SSSR count). The van der Waals surface area contributed by atoms with E-state index in [2.05, 4.69) is 20.2 Å². The van der Waals surface area contributed by atoms with Gasteiger partial charge in [-0.2, -0.15) is 0 Å². The normalized spacial score (nSPS) is 18.6. The zero-order chi connectivity index (χ0) is 17.2. The first-order valence-corrected chi connectivity index (χ1v) is 9.56. The van der Waals surface area contributed by atoms with Gasteiger partial charge in [0.15, 0.2) is 5.82 Å². The Labute approximate surface area is 151 Å². The standard InChI is InChI=1S/C18H22N6S/c1-13-8-16(18-19-5-7-23(18)2)22-17(21-13)14-4-3-6-24(9-14)10-15-11-25-12-20-15/h5,7-8,11-12,14H,3-4,6,9-10H2,1-2H3/t14-/m1/s1. The van der Waals surface area contributed by atoms with E-state index in [9.17, 15) is 0 Å². The highest BCUT2D eigenvalue weighted by Crippen LogP contribution is 2.27. The lowest BCUT2D eigenvalue weighted by Gasteiger charge is -2.31. The summed E-state index contributed by atoms with van der Waals surface area (Å²) < 4.78 is 2.00. The van der Waals surface area contributed by atoms with Gasteiger partial charge in [-0.1, -0.05) is 0 Å². The number of nitrogens with zero attached hydrogens (tertiary/aromatic N) is 6. The summed E-state index contributed by atoms with van der Waals surface area (Å²) >= 11 is 1.66. The molecule has 0 spiro atoms. The Bertz CT molecular complexity index is 841. The van der Waals surface area contributed by atoms with Crippen LogP contribution >= 0.6 is 11.3 Å². The van der Waals surface area contributed by atoms with Gasteiger partial charge in [-0.05, 0) is 32.4 Å². The lowest BCUT2D eigenvalue weighted by molar-refractivity contribution is 0.195. The van der Waals surface area contributed by atoms with E-state index in [0.717, 1.165) is 54.8 Å². The van der Waals surface area contributed by atoms with E-state index >= 15 is 0 Å². The molecule has 0 radical (unpaired) electrons. The Kier molecular flexibility index (Phi) is 4.59. The van der Waals surface area contributed by atoms with Crippen LogP contribution in [0.4, 0.5) is 0 Å². The van der Waals surface area contributed by atoms with Crippen LogP contribution in [0, 0.1) is 6.92 Å². The maximum Gasteiger partial charge on any atom is 0.158 e. The molecule has 1 saturated heterocycles. The van der Waals surface area contributed by atoms with Crippen molar-refractivity contribution in [2.75, 3.05) is 13.1 Å². The third-order valence-electron chi connectivity index (χ3n) is 4.66. The Morgan fingerprint density at radius 3 is 2.96 bits per heavy atom. The summed E-state index contributed by atoms with van der Waals surface area (Å²) in [6, 6.07) is 2.02. The molecule has 3 aromatic rings. The van der Waals surface area contributed by atoms with Crippen LogP contribution in [-0.4, -0.2) is 42.5 Å². The molecule has 6 nitrogen and oxygen atoms in total. The molecule has 0 N–H and O–H groups in total.